The molecule has 0 aliphatic heterocycles. The molecule has 4 aromatic rings. The second-order valence-electron chi connectivity index (χ2n) is 6.03. The van der Waals surface area contributed by atoms with Crippen molar-refractivity contribution in [2.75, 3.05) is 5.32 Å². The van der Waals surface area contributed by atoms with E-state index >= 15 is 0 Å². The number of anilines is 2. The first-order chi connectivity index (χ1) is 12.7. The first kappa shape index (κ1) is 16.2. The van der Waals surface area contributed by atoms with Crippen LogP contribution in [0.3, 0.4) is 0 Å². The predicted molar refractivity (Wildman–Crippen MR) is 100 cm³/mol. The number of hydrogen-bond donors (Lipinski definition) is 1. The van der Waals surface area contributed by atoms with Crippen LogP contribution >= 0.6 is 0 Å². The lowest BCUT2D eigenvalue weighted by atomic mass is 10.1. The molecule has 5 nitrogen and oxygen atoms in total. The summed E-state index contributed by atoms with van der Waals surface area (Å²) in [7, 11) is 0. The van der Waals surface area contributed by atoms with Gasteiger partial charge in [0, 0.05) is 22.5 Å². The number of aryl methyl sites for hydroxylation is 1. The first-order valence-electron chi connectivity index (χ1n) is 8.50. The minimum absolute atomic E-state index is 0.293. The van der Waals surface area contributed by atoms with Gasteiger partial charge in [-0.1, -0.05) is 43.3 Å². The fourth-order valence-corrected chi connectivity index (χ4v) is 3.01. The zero-order chi connectivity index (χ0) is 18.1. The molecule has 0 saturated heterocycles. The first-order valence-corrected chi connectivity index (χ1v) is 8.50. The highest BCUT2D eigenvalue weighted by molar-refractivity contribution is 5.65. The molecule has 0 saturated carbocycles. The molecule has 2 aromatic carbocycles. The molecule has 0 spiro atoms. The highest BCUT2D eigenvalue weighted by Crippen LogP contribution is 2.26. The van der Waals surface area contributed by atoms with Crippen LogP contribution in [-0.4, -0.2) is 19.6 Å². The van der Waals surface area contributed by atoms with Gasteiger partial charge in [-0.2, -0.15) is 9.50 Å². The Hall–Kier alpha value is -3.28. The van der Waals surface area contributed by atoms with E-state index in [0.29, 0.717) is 17.3 Å². The van der Waals surface area contributed by atoms with E-state index in [4.69, 9.17) is 0 Å². The van der Waals surface area contributed by atoms with Gasteiger partial charge in [0.15, 0.2) is 5.82 Å². The van der Waals surface area contributed by atoms with Gasteiger partial charge >= 0.3 is 0 Å². The van der Waals surface area contributed by atoms with Crippen LogP contribution in [0, 0.1) is 12.7 Å². The smallest absolute Gasteiger partial charge is 0.254 e. The molecule has 0 amide bonds. The van der Waals surface area contributed by atoms with Gasteiger partial charge in [-0.3, -0.25) is 0 Å². The number of fused-ring (bicyclic) bond motifs is 1. The van der Waals surface area contributed by atoms with Crippen LogP contribution in [0.1, 0.15) is 18.2 Å². The van der Waals surface area contributed by atoms with Gasteiger partial charge in [0.25, 0.3) is 5.78 Å². The lowest BCUT2D eigenvalue weighted by Gasteiger charge is -2.14. The average Bonchev–Trinajstić information content (AvgIpc) is 3.06. The van der Waals surface area contributed by atoms with Crippen LogP contribution in [0.25, 0.3) is 17.2 Å². The van der Waals surface area contributed by atoms with E-state index in [1.54, 1.807) is 10.6 Å². The van der Waals surface area contributed by atoms with Gasteiger partial charge in [-0.25, -0.2) is 9.37 Å². The summed E-state index contributed by atoms with van der Waals surface area (Å²) in [6, 6.07) is 16.1. The molecule has 130 valence electrons. The number of nitrogens with one attached hydrogen (secondary N) is 1. The number of hydrogen-bond acceptors (Lipinski definition) is 4. The summed E-state index contributed by atoms with van der Waals surface area (Å²) in [6.07, 6.45) is 0.771. The zero-order valence-corrected chi connectivity index (χ0v) is 14.6. The third kappa shape index (κ3) is 2.90. The molecular formula is C20H18FN5. The largest absolute Gasteiger partial charge is 0.340 e. The Morgan fingerprint density at radius 1 is 1.04 bits per heavy atom. The van der Waals surface area contributed by atoms with Gasteiger partial charge in [-0.05, 0) is 31.5 Å². The van der Waals surface area contributed by atoms with E-state index in [2.05, 4.69) is 27.3 Å². The topological polar surface area (TPSA) is 55.1 Å². The zero-order valence-electron chi connectivity index (χ0n) is 14.6. The van der Waals surface area contributed by atoms with E-state index in [-0.39, 0.29) is 5.82 Å². The lowest BCUT2D eigenvalue weighted by molar-refractivity contribution is 0.628. The van der Waals surface area contributed by atoms with Crippen molar-refractivity contribution >= 4 is 17.3 Å². The number of rotatable bonds is 4. The van der Waals surface area contributed by atoms with Crippen molar-refractivity contribution in [1.29, 1.82) is 0 Å². The molecule has 4 rings (SSSR count). The van der Waals surface area contributed by atoms with Crippen molar-refractivity contribution < 1.29 is 4.39 Å². The Morgan fingerprint density at radius 2 is 1.85 bits per heavy atom. The molecule has 0 radical (unpaired) electrons. The Kier molecular flexibility index (Phi) is 4.08. The van der Waals surface area contributed by atoms with Crippen molar-refractivity contribution in [3.63, 3.8) is 0 Å². The van der Waals surface area contributed by atoms with Gasteiger partial charge in [0.1, 0.15) is 11.6 Å². The Labute approximate surface area is 150 Å². The third-order valence-corrected chi connectivity index (χ3v) is 4.27. The summed E-state index contributed by atoms with van der Waals surface area (Å²) < 4.78 is 15.3. The molecule has 0 aliphatic rings. The number of halogens is 1. The molecule has 26 heavy (non-hydrogen) atoms. The number of benzene rings is 2. The van der Waals surface area contributed by atoms with Gasteiger partial charge in [0.2, 0.25) is 0 Å². The molecule has 2 aromatic heterocycles. The second kappa shape index (κ2) is 6.55. The van der Waals surface area contributed by atoms with E-state index in [1.165, 1.54) is 12.1 Å². The molecular weight excluding hydrogens is 329 g/mol. The molecule has 0 unspecified atom stereocenters. The maximum absolute atomic E-state index is 13.6. The summed E-state index contributed by atoms with van der Waals surface area (Å²) in [5.41, 5.74) is 3.48. The van der Waals surface area contributed by atoms with Crippen molar-refractivity contribution in [2.45, 2.75) is 20.3 Å². The normalized spacial score (nSPS) is 11.0. The minimum atomic E-state index is -0.293. The van der Waals surface area contributed by atoms with E-state index < -0.39 is 0 Å². The molecule has 0 fully saturated rings. The minimum Gasteiger partial charge on any atom is -0.340 e. The van der Waals surface area contributed by atoms with E-state index in [1.807, 2.05) is 43.3 Å². The molecule has 6 heteroatoms. The fourth-order valence-electron chi connectivity index (χ4n) is 3.01. The predicted octanol–water partition coefficient (Wildman–Crippen LogP) is 4.54. The summed E-state index contributed by atoms with van der Waals surface area (Å²) >= 11 is 0. The Balaban J connectivity index is 1.89. The van der Waals surface area contributed by atoms with Crippen molar-refractivity contribution in [1.82, 2.24) is 19.6 Å². The summed E-state index contributed by atoms with van der Waals surface area (Å²) in [5.74, 6) is 1.58. The van der Waals surface area contributed by atoms with Gasteiger partial charge in [0.05, 0.1) is 0 Å². The Bertz CT molecular complexity index is 1070. The standard InChI is InChI=1S/C20H18FN5/c1-3-17-13(2)22-20-24-18(14-8-5-4-6-9-14)25-26(20)19(17)23-16-11-7-10-15(21)12-16/h4-12,23H,3H2,1-2H3. The second-order valence-corrected chi connectivity index (χ2v) is 6.03. The molecule has 0 aliphatic carbocycles. The molecule has 0 bridgehead atoms. The number of nitrogens with zero attached hydrogens (tertiary/aromatic N) is 4. The maximum Gasteiger partial charge on any atom is 0.254 e. The SMILES string of the molecule is CCc1c(C)nc2nc(-c3ccccc3)nn2c1Nc1cccc(F)c1. The van der Waals surface area contributed by atoms with Crippen LogP contribution in [0.5, 0.6) is 0 Å². The van der Waals surface area contributed by atoms with Crippen LogP contribution in [0.15, 0.2) is 54.6 Å². The molecule has 1 N–H and O–H groups in total. The van der Waals surface area contributed by atoms with Gasteiger partial charge in [-0.15, -0.1) is 5.10 Å². The Morgan fingerprint density at radius 3 is 2.58 bits per heavy atom. The maximum atomic E-state index is 13.6. The molecule has 0 atom stereocenters. The summed E-state index contributed by atoms with van der Waals surface area (Å²) in [5, 5.41) is 7.93. The van der Waals surface area contributed by atoms with E-state index in [0.717, 1.165) is 29.1 Å². The van der Waals surface area contributed by atoms with Crippen molar-refractivity contribution in [3.05, 3.63) is 71.7 Å². The summed E-state index contributed by atoms with van der Waals surface area (Å²) in [4.78, 5) is 9.15. The quantitative estimate of drug-likeness (QED) is 0.589. The van der Waals surface area contributed by atoms with Crippen LogP contribution in [-0.2, 0) is 6.42 Å². The van der Waals surface area contributed by atoms with Crippen LogP contribution in [0.4, 0.5) is 15.9 Å². The molecule has 2 heterocycles. The highest BCUT2D eigenvalue weighted by atomic mass is 19.1. The summed E-state index contributed by atoms with van der Waals surface area (Å²) in [6.45, 7) is 4.01. The average molecular weight is 347 g/mol. The van der Waals surface area contributed by atoms with Crippen LogP contribution < -0.4 is 5.32 Å². The highest BCUT2D eigenvalue weighted by Gasteiger charge is 2.16. The lowest BCUT2D eigenvalue weighted by Crippen LogP contribution is -2.08. The monoisotopic (exact) mass is 347 g/mol. The van der Waals surface area contributed by atoms with Crippen LogP contribution in [0.2, 0.25) is 0 Å². The van der Waals surface area contributed by atoms with E-state index in [9.17, 15) is 4.39 Å². The van der Waals surface area contributed by atoms with Crippen molar-refractivity contribution in [3.8, 4) is 11.4 Å². The van der Waals surface area contributed by atoms with Crippen molar-refractivity contribution in [2.24, 2.45) is 0 Å². The third-order valence-electron chi connectivity index (χ3n) is 4.27. The number of aromatic nitrogens is 4. The fraction of sp³-hybridized carbons (Fsp3) is 0.150. The van der Waals surface area contributed by atoms with Gasteiger partial charge < -0.3 is 5.32 Å².